The lowest BCUT2D eigenvalue weighted by molar-refractivity contribution is 0.247. The number of fused-ring (bicyclic) bond motifs is 1. The zero-order chi connectivity index (χ0) is 22.9. The molecular formula is C27H39NO4. The highest BCUT2D eigenvalue weighted by Crippen LogP contribution is 2.47. The topological polar surface area (TPSA) is 51.2 Å². The summed E-state index contributed by atoms with van der Waals surface area (Å²) in [5, 5.41) is 11.1. The number of phenols is 1. The second-order valence-corrected chi connectivity index (χ2v) is 8.65. The number of hydrogen-bond acceptors (Lipinski definition) is 5. The van der Waals surface area contributed by atoms with Gasteiger partial charge in [-0.3, -0.25) is 4.90 Å². The number of aromatic hydroxyl groups is 1. The molecule has 176 valence electrons. The summed E-state index contributed by atoms with van der Waals surface area (Å²) in [6, 6.07) is 7.72. The van der Waals surface area contributed by atoms with Crippen LogP contribution in [0.2, 0.25) is 0 Å². The van der Waals surface area contributed by atoms with Crippen molar-refractivity contribution in [3.8, 4) is 34.1 Å². The number of benzene rings is 2. The van der Waals surface area contributed by atoms with Crippen LogP contribution in [-0.4, -0.2) is 44.4 Å². The van der Waals surface area contributed by atoms with E-state index < -0.39 is 0 Å². The first-order chi connectivity index (χ1) is 15.6. The Balaban J connectivity index is 1.81. The van der Waals surface area contributed by atoms with E-state index in [-0.39, 0.29) is 5.75 Å². The highest BCUT2D eigenvalue weighted by molar-refractivity contribution is 5.82. The zero-order valence-corrected chi connectivity index (χ0v) is 20.2. The Morgan fingerprint density at radius 1 is 0.875 bits per heavy atom. The average molecular weight is 442 g/mol. The summed E-state index contributed by atoms with van der Waals surface area (Å²) in [5.41, 5.74) is 4.08. The van der Waals surface area contributed by atoms with Crippen LogP contribution in [0.1, 0.15) is 63.0 Å². The molecular weight excluding hydrogens is 402 g/mol. The number of phenolic OH excluding ortho intramolecular Hbond substituents is 1. The van der Waals surface area contributed by atoms with Crippen LogP contribution in [0.5, 0.6) is 23.0 Å². The molecule has 0 amide bonds. The number of rotatable bonds is 12. The van der Waals surface area contributed by atoms with Crippen LogP contribution < -0.4 is 14.2 Å². The minimum absolute atomic E-state index is 0.174. The molecule has 0 aromatic heterocycles. The van der Waals surface area contributed by atoms with E-state index in [0.29, 0.717) is 11.5 Å². The van der Waals surface area contributed by atoms with Crippen molar-refractivity contribution in [3.05, 3.63) is 35.4 Å². The molecule has 0 saturated heterocycles. The summed E-state index contributed by atoms with van der Waals surface area (Å²) in [7, 11) is 4.89. The van der Waals surface area contributed by atoms with Gasteiger partial charge in [0.25, 0.3) is 0 Å². The Kier molecular flexibility index (Phi) is 9.10. The molecule has 2 aromatic rings. The van der Waals surface area contributed by atoms with Crippen LogP contribution in [-0.2, 0) is 13.0 Å². The molecule has 1 aliphatic heterocycles. The van der Waals surface area contributed by atoms with Crippen molar-refractivity contribution in [1.82, 2.24) is 4.90 Å². The van der Waals surface area contributed by atoms with Gasteiger partial charge in [0, 0.05) is 30.3 Å². The number of nitrogens with zero attached hydrogens (tertiary/aromatic N) is 1. The third-order valence-electron chi connectivity index (χ3n) is 6.52. The molecule has 0 bridgehead atoms. The van der Waals surface area contributed by atoms with Gasteiger partial charge >= 0.3 is 0 Å². The third-order valence-corrected chi connectivity index (χ3v) is 6.52. The van der Waals surface area contributed by atoms with Gasteiger partial charge in [-0.2, -0.15) is 0 Å². The first-order valence-electron chi connectivity index (χ1n) is 12.0. The van der Waals surface area contributed by atoms with E-state index >= 15 is 0 Å². The maximum Gasteiger partial charge on any atom is 0.166 e. The number of unbranched alkanes of at least 4 members (excludes halogenated alkanes) is 6. The smallest absolute Gasteiger partial charge is 0.166 e. The quantitative estimate of drug-likeness (QED) is 0.398. The fourth-order valence-corrected chi connectivity index (χ4v) is 4.66. The van der Waals surface area contributed by atoms with E-state index in [4.69, 9.17) is 14.2 Å². The molecule has 0 spiro atoms. The first-order valence-corrected chi connectivity index (χ1v) is 12.0. The standard InChI is InChI=1S/C27H39NO4/c1-5-6-7-8-9-10-11-15-28-16-14-20-17-25(32-4)27(29)26(23(20)19-28)22-13-12-21(30-2)18-24(22)31-3/h12-13,17-18,29H,5-11,14-16,19H2,1-4H3. The maximum atomic E-state index is 11.1. The second kappa shape index (κ2) is 12.0. The van der Waals surface area contributed by atoms with Crippen LogP contribution in [0.4, 0.5) is 0 Å². The molecule has 0 fully saturated rings. The Bertz CT molecular complexity index is 880. The van der Waals surface area contributed by atoms with E-state index in [9.17, 15) is 5.11 Å². The number of ether oxygens (including phenoxy) is 3. The van der Waals surface area contributed by atoms with Crippen LogP contribution in [0, 0.1) is 0 Å². The SMILES string of the molecule is CCCCCCCCCN1CCc2cc(OC)c(O)c(-c3ccc(OC)cc3OC)c2C1. The molecule has 5 nitrogen and oxygen atoms in total. The Labute approximate surface area is 193 Å². The lowest BCUT2D eigenvalue weighted by atomic mass is 9.89. The summed E-state index contributed by atoms with van der Waals surface area (Å²) >= 11 is 0. The number of methoxy groups -OCH3 is 3. The maximum absolute atomic E-state index is 11.1. The van der Waals surface area contributed by atoms with E-state index in [1.54, 1.807) is 21.3 Å². The van der Waals surface area contributed by atoms with Gasteiger partial charge in [0.05, 0.1) is 21.3 Å². The molecule has 32 heavy (non-hydrogen) atoms. The molecule has 0 aliphatic carbocycles. The number of hydrogen-bond donors (Lipinski definition) is 1. The van der Waals surface area contributed by atoms with Crippen molar-refractivity contribution in [2.24, 2.45) is 0 Å². The molecule has 5 heteroatoms. The highest BCUT2D eigenvalue weighted by atomic mass is 16.5. The van der Waals surface area contributed by atoms with Crippen LogP contribution in [0.15, 0.2) is 24.3 Å². The van der Waals surface area contributed by atoms with Gasteiger partial charge in [-0.05, 0) is 48.7 Å². The van der Waals surface area contributed by atoms with Crippen molar-refractivity contribution in [2.45, 2.75) is 64.8 Å². The molecule has 1 aliphatic rings. The minimum atomic E-state index is 0.174. The molecule has 1 N–H and O–H groups in total. The van der Waals surface area contributed by atoms with Gasteiger partial charge in [-0.1, -0.05) is 45.4 Å². The highest BCUT2D eigenvalue weighted by Gasteiger charge is 2.26. The van der Waals surface area contributed by atoms with Crippen molar-refractivity contribution < 1.29 is 19.3 Å². The monoisotopic (exact) mass is 441 g/mol. The van der Waals surface area contributed by atoms with E-state index in [0.717, 1.165) is 42.9 Å². The third kappa shape index (κ3) is 5.69. The normalized spacial score (nSPS) is 13.6. The second-order valence-electron chi connectivity index (χ2n) is 8.65. The molecule has 2 aromatic carbocycles. The zero-order valence-electron chi connectivity index (χ0n) is 20.2. The Morgan fingerprint density at radius 3 is 2.28 bits per heavy atom. The lowest BCUT2D eigenvalue weighted by Gasteiger charge is -2.31. The van der Waals surface area contributed by atoms with E-state index in [2.05, 4.69) is 11.8 Å². The Morgan fingerprint density at radius 2 is 1.59 bits per heavy atom. The summed E-state index contributed by atoms with van der Waals surface area (Å²) < 4.78 is 16.5. The predicted octanol–water partition coefficient (Wildman–Crippen LogP) is 6.19. The van der Waals surface area contributed by atoms with Gasteiger partial charge in [0.1, 0.15) is 11.5 Å². The summed E-state index contributed by atoms with van der Waals surface area (Å²) in [6.45, 7) is 5.22. The fourth-order valence-electron chi connectivity index (χ4n) is 4.66. The van der Waals surface area contributed by atoms with Crippen molar-refractivity contribution >= 4 is 0 Å². The average Bonchev–Trinajstić information content (AvgIpc) is 2.82. The van der Waals surface area contributed by atoms with Crippen LogP contribution in [0.25, 0.3) is 11.1 Å². The largest absolute Gasteiger partial charge is 0.504 e. The minimum Gasteiger partial charge on any atom is -0.504 e. The molecule has 0 atom stereocenters. The van der Waals surface area contributed by atoms with Gasteiger partial charge in [0.2, 0.25) is 0 Å². The van der Waals surface area contributed by atoms with Crippen molar-refractivity contribution in [3.63, 3.8) is 0 Å². The van der Waals surface area contributed by atoms with E-state index in [1.807, 2.05) is 24.3 Å². The summed E-state index contributed by atoms with van der Waals surface area (Å²) in [6.07, 6.45) is 10.2. The molecule has 0 radical (unpaired) electrons. The summed E-state index contributed by atoms with van der Waals surface area (Å²) in [4.78, 5) is 2.51. The van der Waals surface area contributed by atoms with Crippen molar-refractivity contribution in [2.75, 3.05) is 34.4 Å². The molecule has 0 saturated carbocycles. The molecule has 3 rings (SSSR count). The fraction of sp³-hybridized carbons (Fsp3) is 0.556. The van der Waals surface area contributed by atoms with Gasteiger partial charge < -0.3 is 19.3 Å². The van der Waals surface area contributed by atoms with Crippen LogP contribution in [0.3, 0.4) is 0 Å². The van der Waals surface area contributed by atoms with Gasteiger partial charge in [-0.25, -0.2) is 0 Å². The van der Waals surface area contributed by atoms with Crippen LogP contribution >= 0.6 is 0 Å². The molecule has 0 unspecified atom stereocenters. The molecule has 1 heterocycles. The Hall–Kier alpha value is -2.40. The lowest BCUT2D eigenvalue weighted by Crippen LogP contribution is -2.31. The predicted molar refractivity (Wildman–Crippen MR) is 130 cm³/mol. The van der Waals surface area contributed by atoms with Crippen molar-refractivity contribution in [1.29, 1.82) is 0 Å². The van der Waals surface area contributed by atoms with E-state index in [1.165, 1.54) is 56.1 Å². The first kappa shape index (κ1) is 24.2. The van der Waals surface area contributed by atoms with Gasteiger partial charge in [0.15, 0.2) is 11.5 Å². The van der Waals surface area contributed by atoms with Gasteiger partial charge in [-0.15, -0.1) is 0 Å². The summed E-state index contributed by atoms with van der Waals surface area (Å²) in [5.74, 6) is 2.09.